The molecule has 0 amide bonds. The lowest BCUT2D eigenvalue weighted by Gasteiger charge is -2.13. The highest BCUT2D eigenvalue weighted by Gasteiger charge is 2.11. The van der Waals surface area contributed by atoms with Gasteiger partial charge in [0.25, 0.3) is 0 Å². The number of aldehydes is 1. The second-order valence-corrected chi connectivity index (χ2v) is 4.28. The van der Waals surface area contributed by atoms with Gasteiger partial charge in [-0.15, -0.1) is 0 Å². The van der Waals surface area contributed by atoms with Crippen molar-refractivity contribution in [3.05, 3.63) is 35.4 Å². The van der Waals surface area contributed by atoms with Gasteiger partial charge in [0.15, 0.2) is 0 Å². The van der Waals surface area contributed by atoms with E-state index in [1.54, 1.807) is 0 Å². The molecule has 1 atom stereocenters. The zero-order valence-electron chi connectivity index (χ0n) is 9.16. The first-order chi connectivity index (χ1) is 6.63. The first-order valence-corrected chi connectivity index (χ1v) is 5.15. The lowest BCUT2D eigenvalue weighted by molar-refractivity contribution is -0.109. The monoisotopic (exact) mass is 190 g/mol. The summed E-state index contributed by atoms with van der Waals surface area (Å²) in [5.41, 5.74) is 2.38. The van der Waals surface area contributed by atoms with Gasteiger partial charge in [-0.05, 0) is 24.8 Å². The molecule has 1 aromatic rings. The quantitative estimate of drug-likeness (QED) is 0.666. The molecule has 0 aliphatic rings. The predicted octanol–water partition coefficient (Wildman–Crippen LogP) is 3.32. The van der Waals surface area contributed by atoms with Crippen molar-refractivity contribution in [1.82, 2.24) is 0 Å². The Kier molecular flexibility index (Phi) is 3.87. The van der Waals surface area contributed by atoms with Gasteiger partial charge in [0, 0.05) is 5.92 Å². The fourth-order valence-corrected chi connectivity index (χ4v) is 1.59. The van der Waals surface area contributed by atoms with E-state index < -0.39 is 0 Å². The minimum absolute atomic E-state index is 0.0654. The van der Waals surface area contributed by atoms with Gasteiger partial charge in [0.2, 0.25) is 0 Å². The van der Waals surface area contributed by atoms with Crippen molar-refractivity contribution in [2.24, 2.45) is 5.92 Å². The van der Waals surface area contributed by atoms with Crippen molar-refractivity contribution in [3.8, 4) is 0 Å². The summed E-state index contributed by atoms with van der Waals surface area (Å²) in [6.07, 6.45) is 2.00. The van der Waals surface area contributed by atoms with Gasteiger partial charge >= 0.3 is 0 Å². The summed E-state index contributed by atoms with van der Waals surface area (Å²) in [6.45, 7) is 6.34. The Morgan fingerprint density at radius 3 is 2.21 bits per heavy atom. The Balaban J connectivity index is 2.78. The molecular weight excluding hydrogens is 172 g/mol. The summed E-state index contributed by atoms with van der Waals surface area (Å²) in [5, 5.41) is 0. The predicted molar refractivity (Wildman–Crippen MR) is 59.4 cm³/mol. The van der Waals surface area contributed by atoms with Crippen LogP contribution in [0.2, 0.25) is 0 Å². The molecule has 1 nitrogen and oxygen atoms in total. The fourth-order valence-electron chi connectivity index (χ4n) is 1.59. The summed E-state index contributed by atoms with van der Waals surface area (Å²) >= 11 is 0. The topological polar surface area (TPSA) is 17.1 Å². The number of benzene rings is 1. The molecule has 0 heterocycles. The maximum Gasteiger partial charge on any atom is 0.127 e. The van der Waals surface area contributed by atoms with E-state index in [-0.39, 0.29) is 5.92 Å². The Morgan fingerprint density at radius 1 is 1.21 bits per heavy atom. The molecule has 1 rings (SSSR count). The summed E-state index contributed by atoms with van der Waals surface area (Å²) in [7, 11) is 0. The molecule has 0 aromatic heterocycles. The lowest BCUT2D eigenvalue weighted by Crippen LogP contribution is -2.04. The molecule has 0 aliphatic carbocycles. The summed E-state index contributed by atoms with van der Waals surface area (Å²) in [5.74, 6) is 0.627. The highest BCUT2D eigenvalue weighted by molar-refractivity contribution is 5.62. The van der Waals surface area contributed by atoms with Crippen LogP contribution in [-0.2, 0) is 4.79 Å². The molecular formula is C13H18O. The van der Waals surface area contributed by atoms with Gasteiger partial charge in [-0.2, -0.15) is 0 Å². The molecule has 0 fully saturated rings. The zero-order chi connectivity index (χ0) is 10.6. The van der Waals surface area contributed by atoms with E-state index in [1.165, 1.54) is 5.56 Å². The molecule has 0 spiro atoms. The molecule has 1 unspecified atom stereocenters. The SMILES string of the molecule is Cc1ccc(C(C=O)CC(C)C)cc1. The Labute approximate surface area is 86.1 Å². The van der Waals surface area contributed by atoms with E-state index >= 15 is 0 Å². The van der Waals surface area contributed by atoms with Gasteiger partial charge in [0.05, 0.1) is 0 Å². The van der Waals surface area contributed by atoms with E-state index in [0.717, 1.165) is 18.3 Å². The van der Waals surface area contributed by atoms with Crippen molar-refractivity contribution < 1.29 is 4.79 Å². The Morgan fingerprint density at radius 2 is 1.79 bits per heavy atom. The van der Waals surface area contributed by atoms with E-state index in [1.807, 2.05) is 0 Å². The average molecular weight is 190 g/mol. The normalized spacial score (nSPS) is 12.9. The standard InChI is InChI=1S/C13H18O/c1-10(2)8-13(9-14)12-6-4-11(3)5-7-12/h4-7,9-10,13H,8H2,1-3H3. The third-order valence-corrected chi connectivity index (χ3v) is 2.40. The van der Waals surface area contributed by atoms with Crippen LogP contribution in [0.3, 0.4) is 0 Å². The molecule has 76 valence electrons. The molecule has 0 saturated heterocycles. The molecule has 1 heteroatoms. The Hall–Kier alpha value is -1.11. The maximum absolute atomic E-state index is 10.9. The number of hydrogen-bond acceptors (Lipinski definition) is 1. The van der Waals surface area contributed by atoms with E-state index in [0.29, 0.717) is 5.92 Å². The van der Waals surface area contributed by atoms with Crippen molar-refractivity contribution in [1.29, 1.82) is 0 Å². The summed E-state index contributed by atoms with van der Waals surface area (Å²) in [4.78, 5) is 10.9. The second kappa shape index (κ2) is 4.94. The summed E-state index contributed by atoms with van der Waals surface area (Å²) in [6, 6.07) is 8.23. The minimum atomic E-state index is 0.0654. The van der Waals surface area contributed by atoms with E-state index in [4.69, 9.17) is 0 Å². The van der Waals surface area contributed by atoms with E-state index in [9.17, 15) is 4.79 Å². The fraction of sp³-hybridized carbons (Fsp3) is 0.462. The maximum atomic E-state index is 10.9. The summed E-state index contributed by atoms with van der Waals surface area (Å²) < 4.78 is 0. The molecule has 0 radical (unpaired) electrons. The molecule has 0 aliphatic heterocycles. The molecule has 0 bridgehead atoms. The van der Waals surface area contributed by atoms with Crippen molar-refractivity contribution in [2.75, 3.05) is 0 Å². The van der Waals surface area contributed by atoms with Crippen LogP contribution in [0, 0.1) is 12.8 Å². The van der Waals surface area contributed by atoms with Crippen LogP contribution in [0.5, 0.6) is 0 Å². The van der Waals surface area contributed by atoms with E-state index in [2.05, 4.69) is 45.0 Å². The number of carbonyl (C=O) groups is 1. The van der Waals surface area contributed by atoms with Gasteiger partial charge < -0.3 is 4.79 Å². The lowest BCUT2D eigenvalue weighted by atomic mass is 9.91. The smallest absolute Gasteiger partial charge is 0.127 e. The zero-order valence-corrected chi connectivity index (χ0v) is 9.16. The van der Waals surface area contributed by atoms with Gasteiger partial charge in [-0.25, -0.2) is 0 Å². The first kappa shape index (κ1) is 11.0. The Bertz CT molecular complexity index is 285. The highest BCUT2D eigenvalue weighted by Crippen LogP contribution is 2.21. The van der Waals surface area contributed by atoms with Crippen molar-refractivity contribution >= 4 is 6.29 Å². The first-order valence-electron chi connectivity index (χ1n) is 5.15. The number of aryl methyl sites for hydroxylation is 1. The number of hydrogen-bond donors (Lipinski definition) is 0. The third kappa shape index (κ3) is 2.99. The van der Waals surface area contributed by atoms with Crippen LogP contribution in [0.4, 0.5) is 0 Å². The van der Waals surface area contributed by atoms with Crippen LogP contribution in [0.25, 0.3) is 0 Å². The van der Waals surface area contributed by atoms with Crippen molar-refractivity contribution in [2.45, 2.75) is 33.1 Å². The van der Waals surface area contributed by atoms with Gasteiger partial charge in [0.1, 0.15) is 6.29 Å². The van der Waals surface area contributed by atoms with Crippen molar-refractivity contribution in [3.63, 3.8) is 0 Å². The molecule has 1 aromatic carbocycles. The highest BCUT2D eigenvalue weighted by atomic mass is 16.1. The number of rotatable bonds is 4. The van der Waals surface area contributed by atoms with Crippen LogP contribution in [-0.4, -0.2) is 6.29 Å². The minimum Gasteiger partial charge on any atom is -0.303 e. The van der Waals surface area contributed by atoms with Crippen LogP contribution >= 0.6 is 0 Å². The largest absolute Gasteiger partial charge is 0.303 e. The number of carbonyl (C=O) groups excluding carboxylic acids is 1. The van der Waals surface area contributed by atoms with Crippen LogP contribution in [0.1, 0.15) is 37.3 Å². The second-order valence-electron chi connectivity index (χ2n) is 4.28. The van der Waals surface area contributed by atoms with Crippen LogP contribution < -0.4 is 0 Å². The third-order valence-electron chi connectivity index (χ3n) is 2.40. The van der Waals surface area contributed by atoms with Gasteiger partial charge in [-0.1, -0.05) is 43.7 Å². The molecule has 0 saturated carbocycles. The average Bonchev–Trinajstić information content (AvgIpc) is 2.15. The molecule has 14 heavy (non-hydrogen) atoms. The van der Waals surface area contributed by atoms with Gasteiger partial charge in [-0.3, -0.25) is 0 Å². The molecule has 0 N–H and O–H groups in total. The van der Waals surface area contributed by atoms with Crippen LogP contribution in [0.15, 0.2) is 24.3 Å².